The highest BCUT2D eigenvalue weighted by Gasteiger charge is 2.19. The molecule has 0 unspecified atom stereocenters. The molecule has 1 aromatic heterocycles. The molecule has 1 aromatic carbocycles. The monoisotopic (exact) mass is 241 g/mol. The van der Waals surface area contributed by atoms with E-state index in [1.165, 1.54) is 24.8 Å². The van der Waals surface area contributed by atoms with Crippen LogP contribution in [0.15, 0.2) is 42.7 Å². The van der Waals surface area contributed by atoms with Crippen LogP contribution in [0.5, 0.6) is 0 Å². The summed E-state index contributed by atoms with van der Waals surface area (Å²) >= 11 is 0. The zero-order valence-electron chi connectivity index (χ0n) is 10.5. The predicted octanol–water partition coefficient (Wildman–Crippen LogP) is 2.76. The number of aromatic nitrogens is 2. The molecule has 0 radical (unpaired) electrons. The first-order valence-corrected chi connectivity index (χ1v) is 6.71. The van der Waals surface area contributed by atoms with Crippen molar-refractivity contribution < 1.29 is 0 Å². The molecule has 3 heteroatoms. The molecule has 94 valence electrons. The number of hydrogen-bond donors (Lipinski definition) is 1. The molecule has 1 aliphatic rings. The molecule has 2 aromatic rings. The van der Waals surface area contributed by atoms with Gasteiger partial charge in [-0.1, -0.05) is 25.0 Å². The second-order valence-electron chi connectivity index (χ2n) is 5.03. The molecule has 0 spiro atoms. The molecule has 0 bridgehead atoms. The maximum atomic E-state index is 4.22. The topological polar surface area (TPSA) is 29.9 Å². The van der Waals surface area contributed by atoms with Gasteiger partial charge >= 0.3 is 0 Å². The number of hydrogen-bond acceptors (Lipinski definition) is 2. The maximum absolute atomic E-state index is 4.22. The third-order valence-corrected chi connectivity index (χ3v) is 3.46. The quantitative estimate of drug-likeness (QED) is 0.788. The lowest BCUT2D eigenvalue weighted by Gasteiger charge is -2.06. The van der Waals surface area contributed by atoms with Crippen LogP contribution in [-0.4, -0.2) is 16.3 Å². The Morgan fingerprint density at radius 1 is 1.22 bits per heavy atom. The smallest absolute Gasteiger partial charge is 0.0645 e. The Morgan fingerprint density at radius 2 is 2.06 bits per heavy atom. The Labute approximate surface area is 108 Å². The van der Waals surface area contributed by atoms with Crippen molar-refractivity contribution in [1.29, 1.82) is 0 Å². The summed E-state index contributed by atoms with van der Waals surface area (Å²) < 4.78 is 1.88. The van der Waals surface area contributed by atoms with E-state index in [2.05, 4.69) is 34.7 Å². The normalized spacial score (nSPS) is 14.9. The predicted molar refractivity (Wildman–Crippen MR) is 72.6 cm³/mol. The first kappa shape index (κ1) is 11.5. The van der Waals surface area contributed by atoms with Crippen LogP contribution >= 0.6 is 0 Å². The van der Waals surface area contributed by atoms with Crippen LogP contribution < -0.4 is 5.32 Å². The van der Waals surface area contributed by atoms with E-state index in [1.54, 1.807) is 6.20 Å². The lowest BCUT2D eigenvalue weighted by atomic mass is 10.2. The van der Waals surface area contributed by atoms with Crippen LogP contribution in [0.1, 0.15) is 24.8 Å². The van der Waals surface area contributed by atoms with Gasteiger partial charge in [0.25, 0.3) is 0 Å². The zero-order valence-corrected chi connectivity index (χ0v) is 10.5. The number of nitrogens with zero attached hydrogens (tertiary/aromatic N) is 2. The average Bonchev–Trinajstić information content (AvgIpc) is 3.07. The Kier molecular flexibility index (Phi) is 3.42. The summed E-state index contributed by atoms with van der Waals surface area (Å²) in [5.74, 6) is 1.01. The molecule has 3 nitrogen and oxygen atoms in total. The van der Waals surface area contributed by atoms with E-state index in [4.69, 9.17) is 0 Å². The van der Waals surface area contributed by atoms with Crippen molar-refractivity contribution in [2.45, 2.75) is 25.8 Å². The van der Waals surface area contributed by atoms with Crippen molar-refractivity contribution in [1.82, 2.24) is 15.1 Å². The van der Waals surface area contributed by atoms with Gasteiger partial charge in [0, 0.05) is 18.9 Å². The molecule has 1 fully saturated rings. The molecule has 0 saturated heterocycles. The minimum absolute atomic E-state index is 0.964. The maximum Gasteiger partial charge on any atom is 0.0645 e. The van der Waals surface area contributed by atoms with Crippen molar-refractivity contribution in [3.63, 3.8) is 0 Å². The van der Waals surface area contributed by atoms with E-state index >= 15 is 0 Å². The van der Waals surface area contributed by atoms with E-state index in [9.17, 15) is 0 Å². The fourth-order valence-electron chi connectivity index (χ4n) is 2.13. The molecule has 1 heterocycles. The number of nitrogens with one attached hydrogen (secondary N) is 1. The minimum Gasteiger partial charge on any atom is -0.313 e. The molecular weight excluding hydrogens is 222 g/mol. The van der Waals surface area contributed by atoms with Gasteiger partial charge in [0.05, 0.1) is 5.69 Å². The van der Waals surface area contributed by atoms with Gasteiger partial charge in [-0.05, 0) is 42.6 Å². The third-order valence-electron chi connectivity index (χ3n) is 3.46. The van der Waals surface area contributed by atoms with Crippen LogP contribution in [0.2, 0.25) is 0 Å². The van der Waals surface area contributed by atoms with Crippen molar-refractivity contribution >= 4 is 0 Å². The lowest BCUT2D eigenvalue weighted by molar-refractivity contribution is 0.613. The van der Waals surface area contributed by atoms with Gasteiger partial charge in [-0.2, -0.15) is 5.10 Å². The molecule has 18 heavy (non-hydrogen) atoms. The van der Waals surface area contributed by atoms with Gasteiger partial charge in [0.15, 0.2) is 0 Å². The summed E-state index contributed by atoms with van der Waals surface area (Å²) in [5, 5.41) is 7.72. The van der Waals surface area contributed by atoms with Crippen molar-refractivity contribution in [2.75, 3.05) is 6.54 Å². The van der Waals surface area contributed by atoms with Crippen LogP contribution in [0.25, 0.3) is 5.69 Å². The standard InChI is InChI=1S/C15H19N3/c1-9-17-18(11-1)15-6-4-14(5-7-15)12-16-10-8-13-2-3-13/h1,4-7,9,11,13,16H,2-3,8,10,12H2. The molecular formula is C15H19N3. The number of rotatable bonds is 6. The summed E-state index contributed by atoms with van der Waals surface area (Å²) in [6, 6.07) is 10.5. The Morgan fingerprint density at radius 3 is 2.72 bits per heavy atom. The Bertz CT molecular complexity index is 469. The van der Waals surface area contributed by atoms with Gasteiger partial charge in [-0.15, -0.1) is 0 Å². The fourth-order valence-corrected chi connectivity index (χ4v) is 2.13. The molecule has 1 aliphatic carbocycles. The highest BCUT2D eigenvalue weighted by atomic mass is 15.3. The highest BCUT2D eigenvalue weighted by Crippen LogP contribution is 2.31. The first-order chi connectivity index (χ1) is 8.92. The minimum atomic E-state index is 0.964. The summed E-state index contributed by atoms with van der Waals surface area (Å²) in [4.78, 5) is 0. The average molecular weight is 241 g/mol. The highest BCUT2D eigenvalue weighted by molar-refractivity contribution is 5.33. The Hall–Kier alpha value is -1.61. The molecule has 0 atom stereocenters. The van der Waals surface area contributed by atoms with E-state index in [-0.39, 0.29) is 0 Å². The van der Waals surface area contributed by atoms with Crippen LogP contribution in [-0.2, 0) is 6.54 Å². The van der Waals surface area contributed by atoms with E-state index < -0.39 is 0 Å². The van der Waals surface area contributed by atoms with Crippen molar-refractivity contribution in [3.05, 3.63) is 48.3 Å². The SMILES string of the molecule is c1cnn(-c2ccc(CNCCC3CC3)cc2)c1. The molecule has 0 amide bonds. The molecule has 3 rings (SSSR count). The zero-order chi connectivity index (χ0) is 12.2. The summed E-state index contributed by atoms with van der Waals surface area (Å²) in [7, 11) is 0. The summed E-state index contributed by atoms with van der Waals surface area (Å²) in [5.41, 5.74) is 2.45. The van der Waals surface area contributed by atoms with Crippen LogP contribution in [0.3, 0.4) is 0 Å². The van der Waals surface area contributed by atoms with Gasteiger partial charge in [-0.3, -0.25) is 0 Å². The van der Waals surface area contributed by atoms with Crippen LogP contribution in [0, 0.1) is 5.92 Å². The second-order valence-corrected chi connectivity index (χ2v) is 5.03. The van der Waals surface area contributed by atoms with Gasteiger partial charge in [-0.25, -0.2) is 4.68 Å². The van der Waals surface area contributed by atoms with E-state index in [0.717, 1.165) is 24.7 Å². The van der Waals surface area contributed by atoms with Crippen molar-refractivity contribution in [3.8, 4) is 5.69 Å². The first-order valence-electron chi connectivity index (χ1n) is 6.71. The largest absolute Gasteiger partial charge is 0.313 e. The third kappa shape index (κ3) is 2.99. The van der Waals surface area contributed by atoms with E-state index in [0.29, 0.717) is 0 Å². The van der Waals surface area contributed by atoms with Gasteiger partial charge < -0.3 is 5.32 Å². The van der Waals surface area contributed by atoms with Gasteiger partial charge in [0.1, 0.15) is 0 Å². The summed E-state index contributed by atoms with van der Waals surface area (Å²) in [6.45, 7) is 2.11. The van der Waals surface area contributed by atoms with Crippen molar-refractivity contribution in [2.24, 2.45) is 5.92 Å². The fraction of sp³-hybridized carbons (Fsp3) is 0.400. The number of benzene rings is 1. The lowest BCUT2D eigenvalue weighted by Crippen LogP contribution is -2.15. The van der Waals surface area contributed by atoms with E-state index in [1.807, 2.05) is 16.9 Å². The molecule has 1 saturated carbocycles. The molecule has 0 aliphatic heterocycles. The summed E-state index contributed by atoms with van der Waals surface area (Å²) in [6.07, 6.45) is 7.99. The van der Waals surface area contributed by atoms with Gasteiger partial charge in [0.2, 0.25) is 0 Å². The Balaban J connectivity index is 1.50. The van der Waals surface area contributed by atoms with Crippen LogP contribution in [0.4, 0.5) is 0 Å². The molecule has 1 N–H and O–H groups in total. The second kappa shape index (κ2) is 5.36.